The number of aromatic nitrogens is 1. The van der Waals surface area contributed by atoms with Crippen molar-refractivity contribution in [3.63, 3.8) is 0 Å². The third-order valence-corrected chi connectivity index (χ3v) is 5.03. The summed E-state index contributed by atoms with van der Waals surface area (Å²) in [5, 5.41) is 3.93. The van der Waals surface area contributed by atoms with Crippen molar-refractivity contribution in [3.05, 3.63) is 70.0 Å². The molecule has 1 heterocycles. The first-order valence-electron chi connectivity index (χ1n) is 9.32. The molecule has 4 rings (SSSR count). The van der Waals surface area contributed by atoms with E-state index < -0.39 is 6.10 Å². The van der Waals surface area contributed by atoms with E-state index in [0.29, 0.717) is 11.4 Å². The maximum absolute atomic E-state index is 12.4. The van der Waals surface area contributed by atoms with E-state index >= 15 is 0 Å². The second-order valence-corrected chi connectivity index (χ2v) is 6.94. The Morgan fingerprint density at radius 2 is 1.81 bits per heavy atom. The summed E-state index contributed by atoms with van der Waals surface area (Å²) in [4.78, 5) is 27.8. The number of amides is 1. The lowest BCUT2D eigenvalue weighted by molar-refractivity contribution is -0.122. The summed E-state index contributed by atoms with van der Waals surface area (Å²) in [6, 6.07) is 14.9. The average molecular weight is 362 g/mol. The molecular weight excluding hydrogens is 340 g/mol. The minimum Gasteiger partial charge on any atom is -0.481 e. The summed E-state index contributed by atoms with van der Waals surface area (Å²) in [6.07, 6.45) is 3.32. The van der Waals surface area contributed by atoms with Crippen molar-refractivity contribution >= 4 is 22.5 Å². The molecule has 5 heteroatoms. The van der Waals surface area contributed by atoms with Crippen LogP contribution in [0.3, 0.4) is 0 Å². The number of fused-ring (bicyclic) bond motifs is 3. The molecule has 0 saturated carbocycles. The van der Waals surface area contributed by atoms with Crippen molar-refractivity contribution in [2.75, 3.05) is 5.32 Å². The zero-order valence-corrected chi connectivity index (χ0v) is 15.2. The van der Waals surface area contributed by atoms with Gasteiger partial charge in [0.1, 0.15) is 5.75 Å². The average Bonchev–Trinajstić information content (AvgIpc) is 2.69. The first-order chi connectivity index (χ1) is 13.1. The molecular formula is C22H22N2O3. The lowest BCUT2D eigenvalue weighted by Gasteiger charge is -2.18. The molecule has 0 aliphatic heterocycles. The molecule has 5 nitrogen and oxygen atoms in total. The molecule has 1 aliphatic rings. The van der Waals surface area contributed by atoms with Gasteiger partial charge < -0.3 is 15.0 Å². The monoisotopic (exact) mass is 362 g/mol. The van der Waals surface area contributed by atoms with Gasteiger partial charge in [-0.3, -0.25) is 9.59 Å². The van der Waals surface area contributed by atoms with Gasteiger partial charge in [0.25, 0.3) is 11.5 Å². The topological polar surface area (TPSA) is 71.2 Å². The fourth-order valence-corrected chi connectivity index (χ4v) is 3.64. The SMILES string of the molecule is CC(Oc1ccccc1)C(=O)Nc1ccc2c3c(c(=O)[nH]c2c1)CCCC3. The molecule has 3 aromatic rings. The third-order valence-electron chi connectivity index (χ3n) is 5.03. The minimum atomic E-state index is -0.634. The smallest absolute Gasteiger partial charge is 0.265 e. The Labute approximate surface area is 157 Å². The van der Waals surface area contributed by atoms with Crippen LogP contribution in [0.5, 0.6) is 5.75 Å². The number of aromatic amines is 1. The maximum Gasteiger partial charge on any atom is 0.265 e. The summed E-state index contributed by atoms with van der Waals surface area (Å²) >= 11 is 0. The van der Waals surface area contributed by atoms with Gasteiger partial charge in [0.2, 0.25) is 0 Å². The Hall–Kier alpha value is -3.08. The van der Waals surface area contributed by atoms with E-state index in [0.717, 1.165) is 47.7 Å². The predicted molar refractivity (Wildman–Crippen MR) is 106 cm³/mol. The summed E-state index contributed by atoms with van der Waals surface area (Å²) < 4.78 is 5.66. The first-order valence-corrected chi connectivity index (χ1v) is 9.32. The van der Waals surface area contributed by atoms with Gasteiger partial charge in [0.05, 0.1) is 5.52 Å². The molecule has 1 atom stereocenters. The lowest BCUT2D eigenvalue weighted by atomic mass is 9.90. The number of benzene rings is 2. The van der Waals surface area contributed by atoms with Crippen LogP contribution in [0, 0.1) is 0 Å². The summed E-state index contributed by atoms with van der Waals surface area (Å²) in [6.45, 7) is 1.71. The van der Waals surface area contributed by atoms with E-state index in [1.807, 2.05) is 48.5 Å². The fraction of sp³-hybridized carbons (Fsp3) is 0.273. The maximum atomic E-state index is 12.4. The number of carbonyl (C=O) groups excluding carboxylic acids is 1. The van der Waals surface area contributed by atoms with E-state index in [1.165, 1.54) is 0 Å². The van der Waals surface area contributed by atoms with Gasteiger partial charge in [0, 0.05) is 16.6 Å². The minimum absolute atomic E-state index is 0.0125. The van der Waals surface area contributed by atoms with Gasteiger partial charge in [-0.2, -0.15) is 0 Å². The van der Waals surface area contributed by atoms with Crippen molar-refractivity contribution in [2.45, 2.75) is 38.7 Å². The van der Waals surface area contributed by atoms with Crippen LogP contribution < -0.4 is 15.6 Å². The predicted octanol–water partition coefficient (Wildman–Crippen LogP) is 3.81. The van der Waals surface area contributed by atoms with Crippen LogP contribution in [0.2, 0.25) is 0 Å². The molecule has 2 aromatic carbocycles. The molecule has 138 valence electrons. The summed E-state index contributed by atoms with van der Waals surface area (Å²) in [5.41, 5.74) is 3.45. The number of hydrogen-bond acceptors (Lipinski definition) is 3. The molecule has 1 unspecified atom stereocenters. The molecule has 1 amide bonds. The zero-order chi connectivity index (χ0) is 18.8. The van der Waals surface area contributed by atoms with Crippen LogP contribution in [0.15, 0.2) is 53.3 Å². The van der Waals surface area contributed by atoms with Gasteiger partial charge in [-0.1, -0.05) is 24.3 Å². The first kappa shape index (κ1) is 17.3. The number of ether oxygens (including phenoxy) is 1. The van der Waals surface area contributed by atoms with Crippen molar-refractivity contribution in [3.8, 4) is 5.75 Å². The highest BCUT2D eigenvalue weighted by atomic mass is 16.5. The van der Waals surface area contributed by atoms with Crippen LogP contribution in [0.25, 0.3) is 10.9 Å². The van der Waals surface area contributed by atoms with Gasteiger partial charge >= 0.3 is 0 Å². The van der Waals surface area contributed by atoms with Crippen LogP contribution >= 0.6 is 0 Å². The molecule has 2 N–H and O–H groups in total. The van der Waals surface area contributed by atoms with E-state index in [4.69, 9.17) is 4.74 Å². The number of rotatable bonds is 4. The third kappa shape index (κ3) is 3.58. The van der Waals surface area contributed by atoms with Gasteiger partial charge in [-0.05, 0) is 62.4 Å². The van der Waals surface area contributed by atoms with Crippen molar-refractivity contribution in [2.24, 2.45) is 0 Å². The molecule has 0 bridgehead atoms. The number of H-pyrrole nitrogens is 1. The van der Waals surface area contributed by atoms with Gasteiger partial charge in [0.15, 0.2) is 6.10 Å². The molecule has 1 aromatic heterocycles. The highest BCUT2D eigenvalue weighted by Crippen LogP contribution is 2.27. The van der Waals surface area contributed by atoms with Crippen LogP contribution in [-0.2, 0) is 17.6 Å². The molecule has 0 saturated heterocycles. The quantitative estimate of drug-likeness (QED) is 0.741. The van der Waals surface area contributed by atoms with Gasteiger partial charge in [-0.25, -0.2) is 0 Å². The van der Waals surface area contributed by atoms with Crippen LogP contribution in [0.4, 0.5) is 5.69 Å². The van der Waals surface area contributed by atoms with Crippen LogP contribution in [-0.4, -0.2) is 17.0 Å². The summed E-state index contributed by atoms with van der Waals surface area (Å²) in [7, 11) is 0. The van der Waals surface area contributed by atoms with Crippen molar-refractivity contribution in [1.29, 1.82) is 0 Å². The molecule has 0 fully saturated rings. The normalized spacial score (nSPS) is 14.4. The Morgan fingerprint density at radius 3 is 2.59 bits per heavy atom. The van der Waals surface area contributed by atoms with Crippen LogP contribution in [0.1, 0.15) is 30.9 Å². The number of anilines is 1. The number of nitrogens with one attached hydrogen (secondary N) is 2. The van der Waals surface area contributed by atoms with Crippen molar-refractivity contribution in [1.82, 2.24) is 4.98 Å². The highest BCUT2D eigenvalue weighted by molar-refractivity contribution is 5.96. The van der Waals surface area contributed by atoms with E-state index in [-0.39, 0.29) is 11.5 Å². The number of pyridine rings is 1. The number of carbonyl (C=O) groups is 1. The Bertz CT molecular complexity index is 1040. The Morgan fingerprint density at radius 1 is 1.07 bits per heavy atom. The molecule has 0 spiro atoms. The number of aryl methyl sites for hydroxylation is 1. The zero-order valence-electron chi connectivity index (χ0n) is 15.2. The lowest BCUT2D eigenvalue weighted by Crippen LogP contribution is -2.30. The van der Waals surface area contributed by atoms with Gasteiger partial charge in [-0.15, -0.1) is 0 Å². The highest BCUT2D eigenvalue weighted by Gasteiger charge is 2.18. The van der Waals surface area contributed by atoms with E-state index in [1.54, 1.807) is 6.92 Å². The number of hydrogen-bond donors (Lipinski definition) is 2. The second kappa shape index (κ2) is 7.27. The number of para-hydroxylation sites is 1. The van der Waals surface area contributed by atoms with E-state index in [2.05, 4.69) is 10.3 Å². The molecule has 1 aliphatic carbocycles. The fourth-order valence-electron chi connectivity index (χ4n) is 3.64. The standard InChI is InChI=1S/C22H22N2O3/c1-14(27-16-7-3-2-4-8-16)21(25)23-15-11-12-18-17-9-5-6-10-19(17)22(26)24-20(18)13-15/h2-4,7-8,11-14H,5-6,9-10H2,1H3,(H,23,25)(H,24,26). The second-order valence-electron chi connectivity index (χ2n) is 6.94. The summed E-state index contributed by atoms with van der Waals surface area (Å²) in [5.74, 6) is 0.410. The Balaban J connectivity index is 1.55. The largest absolute Gasteiger partial charge is 0.481 e. The Kier molecular flexibility index (Phi) is 4.67. The molecule has 0 radical (unpaired) electrons. The van der Waals surface area contributed by atoms with E-state index in [9.17, 15) is 9.59 Å². The van der Waals surface area contributed by atoms with Crippen molar-refractivity contribution < 1.29 is 9.53 Å². The molecule has 27 heavy (non-hydrogen) atoms.